The summed E-state index contributed by atoms with van der Waals surface area (Å²) in [4.78, 5) is 10.8. The third kappa shape index (κ3) is 3.23. The summed E-state index contributed by atoms with van der Waals surface area (Å²) >= 11 is 0. The molecule has 0 spiro atoms. The molecule has 3 heteroatoms. The second-order valence-electron chi connectivity index (χ2n) is 5.77. The minimum atomic E-state index is -0.0999. The lowest BCUT2D eigenvalue weighted by Crippen LogP contribution is -2.29. The van der Waals surface area contributed by atoms with Crippen LogP contribution in [0.15, 0.2) is 24.3 Å². The van der Waals surface area contributed by atoms with E-state index >= 15 is 0 Å². The summed E-state index contributed by atoms with van der Waals surface area (Å²) in [5, 5.41) is 2.99. The van der Waals surface area contributed by atoms with E-state index in [9.17, 15) is 4.79 Å². The van der Waals surface area contributed by atoms with E-state index in [1.807, 2.05) is 7.05 Å². The van der Waals surface area contributed by atoms with Crippen LogP contribution in [0.25, 0.3) is 0 Å². The Morgan fingerprint density at radius 3 is 2.58 bits per heavy atom. The zero-order valence-corrected chi connectivity index (χ0v) is 12.0. The lowest BCUT2D eigenvalue weighted by Gasteiger charge is -2.26. The first-order valence-electron chi connectivity index (χ1n) is 6.92. The van der Waals surface area contributed by atoms with Gasteiger partial charge in [0.2, 0.25) is 0 Å². The highest BCUT2D eigenvalue weighted by Crippen LogP contribution is 2.39. The third-order valence-corrected chi connectivity index (χ3v) is 4.09. The van der Waals surface area contributed by atoms with Gasteiger partial charge < -0.3 is 14.8 Å². The van der Waals surface area contributed by atoms with Crippen LogP contribution in [0, 0.1) is 0 Å². The van der Waals surface area contributed by atoms with Gasteiger partial charge in [-0.15, -0.1) is 0 Å². The van der Waals surface area contributed by atoms with Crippen molar-refractivity contribution in [3.05, 3.63) is 35.4 Å². The van der Waals surface area contributed by atoms with Crippen LogP contribution in [-0.4, -0.2) is 31.6 Å². The standard InChI is InChI=1S/C16H23NO2/c1-16(2)15(8-9-19-16)13-6-4-12(5-7-13)10-14(11-18)17-3/h4-7,11,14-15,17H,8-10H2,1-3H3/t14-,15?/m0/s1. The van der Waals surface area contributed by atoms with E-state index in [0.717, 1.165) is 25.7 Å². The van der Waals surface area contributed by atoms with Crippen LogP contribution < -0.4 is 5.32 Å². The second-order valence-corrected chi connectivity index (χ2v) is 5.77. The molecular formula is C16H23NO2. The average Bonchev–Trinajstić information content (AvgIpc) is 2.76. The molecule has 1 N–H and O–H groups in total. The Kier molecular flexibility index (Phi) is 4.38. The minimum absolute atomic E-state index is 0.0716. The topological polar surface area (TPSA) is 38.3 Å². The first-order valence-corrected chi connectivity index (χ1v) is 6.92. The van der Waals surface area contributed by atoms with Crippen molar-refractivity contribution >= 4 is 6.29 Å². The molecule has 0 radical (unpaired) electrons. The Hall–Kier alpha value is -1.19. The van der Waals surface area contributed by atoms with E-state index in [1.54, 1.807) is 0 Å². The summed E-state index contributed by atoms with van der Waals surface area (Å²) in [6.07, 6.45) is 2.78. The number of ether oxygens (including phenoxy) is 1. The first kappa shape index (κ1) is 14.2. The first-order chi connectivity index (χ1) is 9.06. The molecule has 3 nitrogen and oxygen atoms in total. The van der Waals surface area contributed by atoms with Crippen molar-refractivity contribution in [2.24, 2.45) is 0 Å². The molecule has 0 amide bonds. The highest BCUT2D eigenvalue weighted by atomic mass is 16.5. The SMILES string of the molecule is CN[C@H](C=O)Cc1ccc(C2CCOC2(C)C)cc1. The summed E-state index contributed by atoms with van der Waals surface area (Å²) < 4.78 is 5.78. The van der Waals surface area contributed by atoms with E-state index in [4.69, 9.17) is 4.74 Å². The number of likely N-dealkylation sites (N-methyl/N-ethyl adjacent to an activating group) is 1. The minimum Gasteiger partial charge on any atom is -0.375 e. The summed E-state index contributed by atoms with van der Waals surface area (Å²) in [5.41, 5.74) is 2.45. The molecule has 104 valence electrons. The van der Waals surface area contributed by atoms with Gasteiger partial charge in [-0.3, -0.25) is 0 Å². The van der Waals surface area contributed by atoms with Crippen LogP contribution in [0.1, 0.15) is 37.3 Å². The molecule has 1 unspecified atom stereocenters. The van der Waals surface area contributed by atoms with Crippen molar-refractivity contribution in [3.8, 4) is 0 Å². The number of carbonyl (C=O) groups is 1. The van der Waals surface area contributed by atoms with Crippen molar-refractivity contribution in [2.75, 3.05) is 13.7 Å². The predicted octanol–water partition coefficient (Wildman–Crippen LogP) is 2.30. The Balaban J connectivity index is 2.08. The van der Waals surface area contributed by atoms with Crippen molar-refractivity contribution < 1.29 is 9.53 Å². The highest BCUT2D eigenvalue weighted by molar-refractivity contribution is 5.58. The summed E-state index contributed by atoms with van der Waals surface area (Å²) in [7, 11) is 1.81. The molecular weight excluding hydrogens is 238 g/mol. The Morgan fingerprint density at radius 2 is 2.11 bits per heavy atom. The van der Waals surface area contributed by atoms with Gasteiger partial charge in [-0.1, -0.05) is 24.3 Å². The van der Waals surface area contributed by atoms with E-state index in [2.05, 4.69) is 43.4 Å². The Labute approximate surface area is 115 Å². The largest absolute Gasteiger partial charge is 0.375 e. The highest BCUT2D eigenvalue weighted by Gasteiger charge is 2.36. The Morgan fingerprint density at radius 1 is 1.42 bits per heavy atom. The average molecular weight is 261 g/mol. The van der Waals surface area contributed by atoms with Gasteiger partial charge in [-0.05, 0) is 44.9 Å². The zero-order valence-electron chi connectivity index (χ0n) is 12.0. The number of hydrogen-bond acceptors (Lipinski definition) is 3. The van der Waals surface area contributed by atoms with Gasteiger partial charge in [0.05, 0.1) is 11.6 Å². The van der Waals surface area contributed by atoms with Gasteiger partial charge in [0, 0.05) is 12.5 Å². The fraction of sp³-hybridized carbons (Fsp3) is 0.562. The summed E-state index contributed by atoms with van der Waals surface area (Å²) in [6, 6.07) is 8.49. The van der Waals surface area contributed by atoms with Crippen LogP contribution in [0.5, 0.6) is 0 Å². The predicted molar refractivity (Wildman–Crippen MR) is 76.4 cm³/mol. The molecule has 1 aromatic rings. The molecule has 19 heavy (non-hydrogen) atoms. The van der Waals surface area contributed by atoms with E-state index in [-0.39, 0.29) is 11.6 Å². The van der Waals surface area contributed by atoms with Crippen LogP contribution in [0.2, 0.25) is 0 Å². The van der Waals surface area contributed by atoms with Crippen LogP contribution in [0.3, 0.4) is 0 Å². The maximum absolute atomic E-state index is 10.8. The molecule has 1 saturated heterocycles. The normalized spacial score (nSPS) is 23.2. The van der Waals surface area contributed by atoms with E-state index < -0.39 is 0 Å². The van der Waals surface area contributed by atoms with Gasteiger partial charge in [0.1, 0.15) is 6.29 Å². The molecule has 0 aliphatic carbocycles. The zero-order chi connectivity index (χ0) is 13.9. The number of rotatable bonds is 5. The van der Waals surface area contributed by atoms with Crippen molar-refractivity contribution in [3.63, 3.8) is 0 Å². The molecule has 1 aliphatic rings. The van der Waals surface area contributed by atoms with Gasteiger partial charge in [0.15, 0.2) is 0 Å². The molecule has 0 bridgehead atoms. The smallest absolute Gasteiger partial charge is 0.137 e. The van der Waals surface area contributed by atoms with E-state index in [1.165, 1.54) is 11.1 Å². The molecule has 1 aromatic carbocycles. The molecule has 1 heterocycles. The number of carbonyl (C=O) groups excluding carboxylic acids is 1. The quantitative estimate of drug-likeness (QED) is 0.827. The van der Waals surface area contributed by atoms with E-state index in [0.29, 0.717) is 5.92 Å². The lowest BCUT2D eigenvalue weighted by atomic mass is 9.84. The van der Waals surface area contributed by atoms with Gasteiger partial charge >= 0.3 is 0 Å². The van der Waals surface area contributed by atoms with Gasteiger partial charge in [0.25, 0.3) is 0 Å². The Bertz CT molecular complexity index is 425. The third-order valence-electron chi connectivity index (χ3n) is 4.09. The second kappa shape index (κ2) is 5.85. The number of benzene rings is 1. The molecule has 2 atom stereocenters. The fourth-order valence-corrected chi connectivity index (χ4v) is 2.81. The van der Waals surface area contributed by atoms with Crippen LogP contribution in [0.4, 0.5) is 0 Å². The van der Waals surface area contributed by atoms with Gasteiger partial charge in [-0.2, -0.15) is 0 Å². The lowest BCUT2D eigenvalue weighted by molar-refractivity contribution is -0.109. The molecule has 1 aliphatic heterocycles. The number of nitrogens with one attached hydrogen (secondary N) is 1. The molecule has 0 saturated carbocycles. The monoisotopic (exact) mass is 261 g/mol. The maximum Gasteiger partial charge on any atom is 0.137 e. The summed E-state index contributed by atoms with van der Waals surface area (Å²) in [6.45, 7) is 5.15. The van der Waals surface area contributed by atoms with Crippen LogP contribution >= 0.6 is 0 Å². The molecule has 2 rings (SSSR count). The summed E-state index contributed by atoms with van der Waals surface area (Å²) in [5.74, 6) is 0.465. The van der Waals surface area contributed by atoms with Crippen molar-refractivity contribution in [1.29, 1.82) is 0 Å². The molecule has 1 fully saturated rings. The van der Waals surface area contributed by atoms with Crippen LogP contribution in [-0.2, 0) is 16.0 Å². The molecule has 0 aromatic heterocycles. The number of hydrogen-bond donors (Lipinski definition) is 1. The van der Waals surface area contributed by atoms with Crippen molar-refractivity contribution in [1.82, 2.24) is 5.32 Å². The number of aldehydes is 1. The fourth-order valence-electron chi connectivity index (χ4n) is 2.81. The van der Waals surface area contributed by atoms with Crippen molar-refractivity contribution in [2.45, 2.75) is 44.2 Å². The van der Waals surface area contributed by atoms with Gasteiger partial charge in [-0.25, -0.2) is 0 Å². The maximum atomic E-state index is 10.8.